The quantitative estimate of drug-likeness (QED) is 0.0246. The highest BCUT2D eigenvalue weighted by Crippen LogP contribution is 2.16. The minimum Gasteiger partial charge on any atom is -0.462 e. The van der Waals surface area contributed by atoms with Gasteiger partial charge in [0.2, 0.25) is 5.91 Å². The van der Waals surface area contributed by atoms with E-state index in [1.54, 1.807) is 0 Å². The topological polar surface area (TPSA) is 95.9 Å². The summed E-state index contributed by atoms with van der Waals surface area (Å²) in [5.41, 5.74) is 0. The molecule has 0 saturated carbocycles. The van der Waals surface area contributed by atoms with E-state index in [9.17, 15) is 19.8 Å². The Morgan fingerprint density at radius 2 is 0.968 bits per heavy atom. The van der Waals surface area contributed by atoms with Crippen molar-refractivity contribution in [2.24, 2.45) is 0 Å². The number of allylic oxidation sites excluding steroid dienone is 20. The highest BCUT2D eigenvalue weighted by molar-refractivity contribution is 5.77. The van der Waals surface area contributed by atoms with Crippen LogP contribution in [-0.4, -0.2) is 46.9 Å². The summed E-state index contributed by atoms with van der Waals surface area (Å²) < 4.78 is 5.88. The van der Waals surface area contributed by atoms with Gasteiger partial charge in [0.05, 0.1) is 25.2 Å². The van der Waals surface area contributed by atoms with E-state index in [2.05, 4.69) is 86.8 Å². The van der Waals surface area contributed by atoms with E-state index in [0.717, 1.165) is 89.9 Å². The van der Waals surface area contributed by atoms with Crippen LogP contribution < -0.4 is 5.32 Å². The number of hydrogen-bond acceptors (Lipinski definition) is 5. The van der Waals surface area contributed by atoms with Crippen molar-refractivity contribution in [2.75, 3.05) is 6.61 Å². The molecule has 0 fully saturated rings. The summed E-state index contributed by atoms with van der Waals surface area (Å²) >= 11 is 0. The fourth-order valence-electron chi connectivity index (χ4n) is 6.75. The van der Waals surface area contributed by atoms with Crippen molar-refractivity contribution >= 4 is 11.9 Å². The van der Waals surface area contributed by atoms with Crippen LogP contribution in [0, 0.1) is 0 Å². The second-order valence-corrected chi connectivity index (χ2v) is 16.3. The van der Waals surface area contributed by atoms with E-state index in [4.69, 9.17) is 4.74 Å². The van der Waals surface area contributed by atoms with Crippen molar-refractivity contribution in [3.63, 3.8) is 0 Å². The van der Waals surface area contributed by atoms with E-state index in [0.29, 0.717) is 19.3 Å². The van der Waals surface area contributed by atoms with Crippen molar-refractivity contribution < 1.29 is 24.5 Å². The Morgan fingerprint density at radius 1 is 0.500 bits per heavy atom. The first kappa shape index (κ1) is 58.3. The van der Waals surface area contributed by atoms with Gasteiger partial charge >= 0.3 is 5.97 Å². The maximum atomic E-state index is 13.2. The molecule has 1 amide bonds. The molecule has 0 rings (SSSR count). The van der Waals surface area contributed by atoms with Crippen LogP contribution in [0.3, 0.4) is 0 Å². The Morgan fingerprint density at radius 3 is 1.52 bits per heavy atom. The van der Waals surface area contributed by atoms with Crippen LogP contribution in [0.4, 0.5) is 0 Å². The summed E-state index contributed by atoms with van der Waals surface area (Å²) in [7, 11) is 0. The van der Waals surface area contributed by atoms with Gasteiger partial charge in [-0.15, -0.1) is 0 Å². The molecule has 6 nitrogen and oxygen atoms in total. The molecule has 0 saturated heterocycles. The molecule has 3 unspecified atom stereocenters. The first-order valence-electron chi connectivity index (χ1n) is 24.8. The van der Waals surface area contributed by atoms with Gasteiger partial charge in [0.15, 0.2) is 0 Å². The van der Waals surface area contributed by atoms with Crippen molar-refractivity contribution in [3.05, 3.63) is 122 Å². The fraction of sp³-hybridized carbons (Fsp3) is 0.607. The Balaban J connectivity index is 4.80. The highest BCUT2D eigenvalue weighted by atomic mass is 16.5. The van der Waals surface area contributed by atoms with Gasteiger partial charge < -0.3 is 20.3 Å². The van der Waals surface area contributed by atoms with Crippen LogP contribution in [0.15, 0.2) is 122 Å². The summed E-state index contributed by atoms with van der Waals surface area (Å²) in [5.74, 6) is -0.594. The zero-order chi connectivity index (χ0) is 45.2. The van der Waals surface area contributed by atoms with Crippen LogP contribution in [0.2, 0.25) is 0 Å². The molecule has 0 aliphatic rings. The number of carbonyl (C=O) groups is 2. The third-order valence-electron chi connectivity index (χ3n) is 10.4. The Bertz CT molecular complexity index is 1330. The largest absolute Gasteiger partial charge is 0.462 e. The SMILES string of the molecule is CC\C=C/C=C/C=C/C=C\C=C\C=C\CCCCCC(=O)OC(CCC/C=C/C/C=C/C/C=C/C/C=C/CC)CC(=O)NC(CO)C(O)CCCCCCCCCCCCCC. The number of carbonyl (C=O) groups excluding carboxylic acids is 2. The predicted octanol–water partition coefficient (Wildman–Crippen LogP) is 14.9. The molecule has 0 spiro atoms. The van der Waals surface area contributed by atoms with E-state index in [1.807, 2.05) is 60.8 Å². The van der Waals surface area contributed by atoms with E-state index >= 15 is 0 Å². The van der Waals surface area contributed by atoms with Gasteiger partial charge in [-0.05, 0) is 77.0 Å². The van der Waals surface area contributed by atoms with Crippen molar-refractivity contribution in [2.45, 2.75) is 212 Å². The first-order chi connectivity index (χ1) is 30.5. The molecule has 3 N–H and O–H groups in total. The van der Waals surface area contributed by atoms with E-state index < -0.39 is 18.2 Å². The molecule has 0 aliphatic carbocycles. The standard InChI is InChI=1S/C56H91NO5/c1-4-7-10-13-16-19-22-25-27-28-29-31-34-37-40-43-46-49-56(61)62-52(47-44-41-38-35-32-30-26-23-20-17-14-11-8-5-2)50-55(60)57-53(51-58)54(59)48-45-42-39-36-33-24-21-18-15-12-9-6-3/h7-8,10-11,13,16-17,19-20,22,25-31,34-35,38,52-54,58-59H,4-6,9,12,14-15,18,21,23-24,32-33,36-37,39-51H2,1-3H3,(H,57,60)/b10-7-,11-8+,16-13+,20-17+,22-19+,27-25-,29-28+,30-26+,34-31+,38-35+. The minimum atomic E-state index is -0.817. The number of unbranched alkanes of at least 4 members (excludes halogenated alkanes) is 15. The lowest BCUT2D eigenvalue weighted by molar-refractivity contribution is -0.151. The molecule has 350 valence electrons. The average molecular weight is 858 g/mol. The number of nitrogens with one attached hydrogen (secondary N) is 1. The van der Waals surface area contributed by atoms with Gasteiger partial charge in [0.25, 0.3) is 0 Å². The highest BCUT2D eigenvalue weighted by Gasteiger charge is 2.24. The molecular formula is C56H91NO5. The molecule has 0 heterocycles. The van der Waals surface area contributed by atoms with Crippen molar-refractivity contribution in [1.82, 2.24) is 5.32 Å². The Kier molecular flexibility index (Phi) is 45.4. The maximum absolute atomic E-state index is 13.2. The molecule has 3 atom stereocenters. The van der Waals surface area contributed by atoms with Gasteiger partial charge in [-0.1, -0.05) is 226 Å². The molecule has 6 heteroatoms. The van der Waals surface area contributed by atoms with Crippen molar-refractivity contribution in [1.29, 1.82) is 0 Å². The molecule has 0 radical (unpaired) electrons. The molecule has 0 aliphatic heterocycles. The first-order valence-corrected chi connectivity index (χ1v) is 24.8. The summed E-state index contributed by atoms with van der Waals surface area (Å²) in [5, 5.41) is 23.7. The number of ether oxygens (including phenoxy) is 1. The third kappa shape index (κ3) is 42.9. The fourth-order valence-corrected chi connectivity index (χ4v) is 6.75. The van der Waals surface area contributed by atoms with Crippen LogP contribution in [0.1, 0.15) is 194 Å². The lowest BCUT2D eigenvalue weighted by atomic mass is 10.0. The van der Waals surface area contributed by atoms with Gasteiger partial charge in [0.1, 0.15) is 6.10 Å². The Hall–Kier alpha value is -3.74. The number of aliphatic hydroxyl groups excluding tert-OH is 2. The Labute approximate surface area is 380 Å². The van der Waals surface area contributed by atoms with Gasteiger partial charge in [-0.25, -0.2) is 0 Å². The number of hydrogen-bond donors (Lipinski definition) is 3. The average Bonchev–Trinajstić information content (AvgIpc) is 3.26. The minimum absolute atomic E-state index is 0.0131. The predicted molar refractivity (Wildman–Crippen MR) is 268 cm³/mol. The van der Waals surface area contributed by atoms with Gasteiger partial charge in [0, 0.05) is 6.42 Å². The molecule has 0 aromatic heterocycles. The van der Waals surface area contributed by atoms with Gasteiger partial charge in [-0.3, -0.25) is 9.59 Å². The summed E-state index contributed by atoms with van der Waals surface area (Å²) in [6.07, 6.45) is 66.8. The molecule has 62 heavy (non-hydrogen) atoms. The second-order valence-electron chi connectivity index (χ2n) is 16.3. The lowest BCUT2D eigenvalue weighted by Crippen LogP contribution is -2.46. The second kappa shape index (κ2) is 48.3. The smallest absolute Gasteiger partial charge is 0.306 e. The number of esters is 1. The summed E-state index contributed by atoms with van der Waals surface area (Å²) in [6.45, 7) is 6.18. The number of aliphatic hydroxyl groups is 2. The van der Waals surface area contributed by atoms with Crippen LogP contribution >= 0.6 is 0 Å². The van der Waals surface area contributed by atoms with E-state index in [1.165, 1.54) is 57.8 Å². The summed E-state index contributed by atoms with van der Waals surface area (Å²) in [4.78, 5) is 26.1. The van der Waals surface area contributed by atoms with Gasteiger partial charge in [-0.2, -0.15) is 0 Å². The molecular weight excluding hydrogens is 767 g/mol. The van der Waals surface area contributed by atoms with E-state index in [-0.39, 0.29) is 24.9 Å². The zero-order valence-corrected chi connectivity index (χ0v) is 39.7. The number of rotatable bonds is 42. The number of amides is 1. The molecule has 0 aromatic rings. The summed E-state index contributed by atoms with van der Waals surface area (Å²) in [6, 6.07) is -0.736. The monoisotopic (exact) mass is 858 g/mol. The zero-order valence-electron chi connectivity index (χ0n) is 39.7. The van der Waals surface area contributed by atoms with Crippen LogP contribution in [0.5, 0.6) is 0 Å². The van der Waals surface area contributed by atoms with Crippen molar-refractivity contribution in [3.8, 4) is 0 Å². The normalized spacial score (nSPS) is 14.3. The lowest BCUT2D eigenvalue weighted by Gasteiger charge is -2.24. The third-order valence-corrected chi connectivity index (χ3v) is 10.4. The molecule has 0 aromatic carbocycles. The van der Waals surface area contributed by atoms with Crippen LogP contribution in [0.25, 0.3) is 0 Å². The molecule has 0 bridgehead atoms. The van der Waals surface area contributed by atoms with Crippen LogP contribution in [-0.2, 0) is 14.3 Å². The maximum Gasteiger partial charge on any atom is 0.306 e.